The number of methoxy groups -OCH3 is 1. The number of benzene rings is 1. The van der Waals surface area contributed by atoms with Gasteiger partial charge < -0.3 is 19.7 Å². The highest BCUT2D eigenvalue weighted by molar-refractivity contribution is 5.60. The third kappa shape index (κ3) is 2.49. The smallest absolute Gasteiger partial charge is 0.290 e. The van der Waals surface area contributed by atoms with E-state index < -0.39 is 6.10 Å². The van der Waals surface area contributed by atoms with Gasteiger partial charge in [0.2, 0.25) is 0 Å². The van der Waals surface area contributed by atoms with Gasteiger partial charge in [0.25, 0.3) is 6.47 Å². The van der Waals surface area contributed by atoms with Crippen LogP contribution in [0.15, 0.2) is 24.3 Å². The zero-order chi connectivity index (χ0) is 16.4. The van der Waals surface area contributed by atoms with Gasteiger partial charge in [-0.1, -0.05) is 24.6 Å². The van der Waals surface area contributed by atoms with Crippen molar-refractivity contribution in [1.29, 1.82) is 0 Å². The van der Waals surface area contributed by atoms with E-state index in [0.717, 1.165) is 24.3 Å². The van der Waals surface area contributed by atoms with Crippen LogP contribution in [0, 0.1) is 0 Å². The molecule has 3 aliphatic rings. The Bertz CT molecular complexity index is 624. The first-order chi connectivity index (χ1) is 11.2. The number of aryl methyl sites for hydroxylation is 1. The average Bonchev–Trinajstić information content (AvgIpc) is 2.75. The summed E-state index contributed by atoms with van der Waals surface area (Å²) in [5.41, 5.74) is 2.67. The Morgan fingerprint density at radius 3 is 2.91 bits per heavy atom. The van der Waals surface area contributed by atoms with E-state index in [2.05, 4.69) is 12.1 Å². The van der Waals surface area contributed by atoms with E-state index in [-0.39, 0.29) is 18.0 Å². The van der Waals surface area contributed by atoms with Gasteiger partial charge in [-0.3, -0.25) is 4.79 Å². The average molecular weight is 318 g/mol. The Kier molecular flexibility index (Phi) is 4.31. The molecule has 1 aromatic carbocycles. The molecule has 0 aromatic heterocycles. The molecule has 0 fully saturated rings. The Morgan fingerprint density at radius 1 is 1.39 bits per heavy atom. The van der Waals surface area contributed by atoms with Gasteiger partial charge in [0.05, 0.1) is 18.6 Å². The monoisotopic (exact) mass is 318 g/mol. The zero-order valence-electron chi connectivity index (χ0n) is 13.2. The van der Waals surface area contributed by atoms with Crippen molar-refractivity contribution in [3.05, 3.63) is 35.4 Å². The second kappa shape index (κ2) is 6.24. The van der Waals surface area contributed by atoms with Crippen molar-refractivity contribution in [3.8, 4) is 11.5 Å². The number of ether oxygens (including phenoxy) is 2. The number of aliphatic hydroxyl groups is 1. The van der Waals surface area contributed by atoms with E-state index in [9.17, 15) is 5.11 Å². The first kappa shape index (κ1) is 15.9. The molecule has 1 aliphatic heterocycles. The second-order valence-corrected chi connectivity index (χ2v) is 6.25. The minimum atomic E-state index is -0.391. The fourth-order valence-corrected chi connectivity index (χ4v) is 4.14. The third-order valence-electron chi connectivity index (χ3n) is 5.09. The molecular formula is C18H22O5. The van der Waals surface area contributed by atoms with Gasteiger partial charge >= 0.3 is 0 Å². The summed E-state index contributed by atoms with van der Waals surface area (Å²) in [5.74, 6) is 1.73. The van der Waals surface area contributed by atoms with Gasteiger partial charge in [-0.2, -0.15) is 0 Å². The summed E-state index contributed by atoms with van der Waals surface area (Å²) in [6.07, 6.45) is 9.13. The Morgan fingerprint density at radius 2 is 2.17 bits per heavy atom. The highest BCUT2D eigenvalue weighted by Gasteiger charge is 2.51. The summed E-state index contributed by atoms with van der Waals surface area (Å²) in [4.78, 5) is 8.36. The Labute approximate surface area is 135 Å². The molecule has 5 heteroatoms. The normalized spacial score (nSPS) is 30.0. The number of carboxylic acid groups (broad SMARTS) is 1. The maximum atomic E-state index is 9.93. The van der Waals surface area contributed by atoms with Gasteiger partial charge in [0.15, 0.2) is 11.5 Å². The van der Waals surface area contributed by atoms with Gasteiger partial charge in [0, 0.05) is 12.0 Å². The molecule has 2 unspecified atom stereocenters. The fourth-order valence-electron chi connectivity index (χ4n) is 4.14. The quantitative estimate of drug-likeness (QED) is 0.614. The van der Waals surface area contributed by atoms with Crippen LogP contribution in [0.5, 0.6) is 11.5 Å². The SMILES string of the molecule is COc1ccc2c3c1O[C@@H]1CC(O)C=CC31CCCC2.O=CO. The molecule has 0 amide bonds. The van der Waals surface area contributed by atoms with Crippen molar-refractivity contribution in [2.45, 2.75) is 49.7 Å². The Balaban J connectivity index is 0.000000485. The van der Waals surface area contributed by atoms with Crippen molar-refractivity contribution >= 4 is 6.47 Å². The standard InChI is InChI=1S/C17H20O3.CH2O2/c1-19-13-6-5-11-4-2-3-8-17-9-7-12(18)10-14(17)20-16(13)15(11)17;2-1-3/h5-7,9,12,14,18H,2-4,8,10H2,1H3;1H,(H,2,3)/t12?,14-,17?;/m1./s1. The largest absolute Gasteiger partial charge is 0.493 e. The van der Waals surface area contributed by atoms with Gasteiger partial charge in [0.1, 0.15) is 6.10 Å². The maximum Gasteiger partial charge on any atom is 0.290 e. The lowest BCUT2D eigenvalue weighted by molar-refractivity contribution is -0.122. The molecule has 4 rings (SSSR count). The van der Waals surface area contributed by atoms with Crippen LogP contribution in [0.1, 0.15) is 36.8 Å². The number of aliphatic hydroxyl groups excluding tert-OH is 1. The summed E-state index contributed by atoms with van der Waals surface area (Å²) >= 11 is 0. The van der Waals surface area contributed by atoms with Gasteiger partial charge in [-0.05, 0) is 30.9 Å². The molecule has 0 saturated heterocycles. The lowest BCUT2D eigenvalue weighted by Gasteiger charge is -2.35. The fraction of sp³-hybridized carbons (Fsp3) is 0.500. The van der Waals surface area contributed by atoms with E-state index in [1.165, 1.54) is 24.0 Å². The van der Waals surface area contributed by atoms with Crippen LogP contribution in [0.3, 0.4) is 0 Å². The highest BCUT2D eigenvalue weighted by Crippen LogP contribution is 2.56. The second-order valence-electron chi connectivity index (χ2n) is 6.25. The highest BCUT2D eigenvalue weighted by atomic mass is 16.5. The first-order valence-electron chi connectivity index (χ1n) is 7.98. The van der Waals surface area contributed by atoms with E-state index in [4.69, 9.17) is 19.4 Å². The van der Waals surface area contributed by atoms with Crippen molar-refractivity contribution in [2.75, 3.05) is 7.11 Å². The van der Waals surface area contributed by atoms with Crippen molar-refractivity contribution < 1.29 is 24.5 Å². The van der Waals surface area contributed by atoms with E-state index in [0.29, 0.717) is 6.42 Å². The van der Waals surface area contributed by atoms with Crippen LogP contribution >= 0.6 is 0 Å². The molecule has 0 saturated carbocycles. The molecule has 2 aliphatic carbocycles. The predicted octanol–water partition coefficient (Wildman–Crippen LogP) is 2.44. The Hall–Kier alpha value is -2.01. The zero-order valence-corrected chi connectivity index (χ0v) is 13.2. The van der Waals surface area contributed by atoms with Crippen LogP contribution in [0.4, 0.5) is 0 Å². The molecule has 1 aromatic rings. The lowest BCUT2D eigenvalue weighted by atomic mass is 9.69. The molecule has 2 N–H and O–H groups in total. The molecule has 0 bridgehead atoms. The maximum absolute atomic E-state index is 9.93. The molecule has 1 spiro atoms. The number of rotatable bonds is 1. The number of carbonyl (C=O) groups is 1. The summed E-state index contributed by atoms with van der Waals surface area (Å²) < 4.78 is 11.7. The summed E-state index contributed by atoms with van der Waals surface area (Å²) in [6, 6.07) is 4.21. The molecule has 23 heavy (non-hydrogen) atoms. The van der Waals surface area contributed by atoms with Crippen LogP contribution < -0.4 is 9.47 Å². The summed E-state index contributed by atoms with van der Waals surface area (Å²) in [5, 5.41) is 16.8. The van der Waals surface area contributed by atoms with E-state index in [1.54, 1.807) is 7.11 Å². The molecule has 5 nitrogen and oxygen atoms in total. The minimum absolute atomic E-state index is 0.0467. The molecule has 3 atom stereocenters. The van der Waals surface area contributed by atoms with Crippen molar-refractivity contribution in [3.63, 3.8) is 0 Å². The lowest BCUT2D eigenvalue weighted by Crippen LogP contribution is -2.41. The third-order valence-corrected chi connectivity index (χ3v) is 5.09. The first-order valence-corrected chi connectivity index (χ1v) is 7.98. The number of hydrogen-bond donors (Lipinski definition) is 2. The molecule has 0 radical (unpaired) electrons. The predicted molar refractivity (Wildman–Crippen MR) is 85.1 cm³/mol. The summed E-state index contributed by atoms with van der Waals surface area (Å²) in [7, 11) is 1.69. The summed E-state index contributed by atoms with van der Waals surface area (Å²) in [6.45, 7) is -0.250. The molecule has 124 valence electrons. The minimum Gasteiger partial charge on any atom is -0.493 e. The van der Waals surface area contributed by atoms with Gasteiger partial charge in [-0.15, -0.1) is 0 Å². The van der Waals surface area contributed by atoms with Crippen LogP contribution in [-0.4, -0.2) is 36.0 Å². The van der Waals surface area contributed by atoms with Crippen LogP contribution in [0.2, 0.25) is 0 Å². The van der Waals surface area contributed by atoms with Crippen molar-refractivity contribution in [1.82, 2.24) is 0 Å². The van der Waals surface area contributed by atoms with E-state index in [1.807, 2.05) is 12.1 Å². The topological polar surface area (TPSA) is 76.0 Å². The van der Waals surface area contributed by atoms with Crippen LogP contribution in [0.25, 0.3) is 0 Å². The number of hydrogen-bond acceptors (Lipinski definition) is 4. The van der Waals surface area contributed by atoms with Gasteiger partial charge in [-0.25, -0.2) is 0 Å². The molecular weight excluding hydrogens is 296 g/mol. The molecule has 1 heterocycles. The van der Waals surface area contributed by atoms with Crippen LogP contribution in [-0.2, 0) is 16.6 Å². The van der Waals surface area contributed by atoms with E-state index >= 15 is 0 Å². The van der Waals surface area contributed by atoms with Crippen molar-refractivity contribution in [2.24, 2.45) is 0 Å².